The molecule has 0 N–H and O–H groups in total. The molecular weight excluding hydrogens is 276 g/mol. The number of nitrogens with zero attached hydrogens (tertiary/aromatic N) is 2. The number of hydrogen-bond acceptors (Lipinski definition) is 3. The van der Waals surface area contributed by atoms with E-state index in [0.29, 0.717) is 13.1 Å². The average molecular weight is 304 g/mol. The molecule has 118 valence electrons. The van der Waals surface area contributed by atoms with Gasteiger partial charge in [-0.05, 0) is 18.8 Å². The maximum absolute atomic E-state index is 12.4. The van der Waals surface area contributed by atoms with Crippen LogP contribution in [0.25, 0.3) is 0 Å². The summed E-state index contributed by atoms with van der Waals surface area (Å²) in [5, 5.41) is 0. The van der Waals surface area contributed by atoms with Crippen molar-refractivity contribution in [3.63, 3.8) is 0 Å². The number of amides is 1. The molecule has 5 nitrogen and oxygen atoms in total. The fourth-order valence-electron chi connectivity index (χ4n) is 2.69. The first-order valence-electron chi connectivity index (χ1n) is 7.53. The highest BCUT2D eigenvalue weighted by Crippen LogP contribution is 2.21. The first-order chi connectivity index (χ1) is 9.31. The van der Waals surface area contributed by atoms with E-state index in [0.717, 1.165) is 25.7 Å². The second kappa shape index (κ2) is 7.41. The Morgan fingerprint density at radius 1 is 1.25 bits per heavy atom. The summed E-state index contributed by atoms with van der Waals surface area (Å²) in [6, 6.07) is 0.173. The molecule has 0 spiro atoms. The summed E-state index contributed by atoms with van der Waals surface area (Å²) in [6.07, 6.45) is 3.27. The largest absolute Gasteiger partial charge is 0.343 e. The van der Waals surface area contributed by atoms with Gasteiger partial charge in [-0.1, -0.05) is 26.7 Å². The summed E-state index contributed by atoms with van der Waals surface area (Å²) in [4.78, 5) is 13.1. The second-order valence-corrected chi connectivity index (χ2v) is 7.73. The Labute approximate surface area is 123 Å². The summed E-state index contributed by atoms with van der Waals surface area (Å²) in [5.41, 5.74) is 0. The Balaban J connectivity index is 2.58. The van der Waals surface area contributed by atoms with Crippen molar-refractivity contribution in [3.05, 3.63) is 0 Å². The van der Waals surface area contributed by atoms with Gasteiger partial charge < -0.3 is 4.90 Å². The average Bonchev–Trinajstić information content (AvgIpc) is 2.44. The quantitative estimate of drug-likeness (QED) is 0.750. The minimum atomic E-state index is -3.15. The SMILES string of the molecule is CCC(CC)CS(=O)(=O)N1CCC(N(C)C(C)=O)CC1. The third-order valence-electron chi connectivity index (χ3n) is 4.46. The van der Waals surface area contributed by atoms with E-state index < -0.39 is 10.0 Å². The van der Waals surface area contributed by atoms with Crippen LogP contribution in [0.5, 0.6) is 0 Å². The number of carbonyl (C=O) groups is 1. The number of piperidine rings is 1. The maximum atomic E-state index is 12.4. The molecule has 1 rings (SSSR count). The van der Waals surface area contributed by atoms with Crippen LogP contribution in [0, 0.1) is 5.92 Å². The highest BCUT2D eigenvalue weighted by atomic mass is 32.2. The molecular formula is C14H28N2O3S. The van der Waals surface area contributed by atoms with Crippen molar-refractivity contribution < 1.29 is 13.2 Å². The van der Waals surface area contributed by atoms with Crippen LogP contribution in [0.15, 0.2) is 0 Å². The summed E-state index contributed by atoms with van der Waals surface area (Å²) in [7, 11) is -1.35. The van der Waals surface area contributed by atoms with Gasteiger partial charge in [-0.25, -0.2) is 12.7 Å². The van der Waals surface area contributed by atoms with Gasteiger partial charge >= 0.3 is 0 Å². The number of hydrogen-bond donors (Lipinski definition) is 0. The van der Waals surface area contributed by atoms with E-state index in [1.807, 2.05) is 13.8 Å². The zero-order valence-corrected chi connectivity index (χ0v) is 13.9. The van der Waals surface area contributed by atoms with Gasteiger partial charge in [-0.2, -0.15) is 0 Å². The third-order valence-corrected chi connectivity index (χ3v) is 6.51. The van der Waals surface area contributed by atoms with Crippen LogP contribution in [-0.2, 0) is 14.8 Å². The lowest BCUT2D eigenvalue weighted by atomic mass is 10.1. The minimum Gasteiger partial charge on any atom is -0.343 e. The Morgan fingerprint density at radius 3 is 2.15 bits per heavy atom. The molecule has 0 atom stereocenters. The van der Waals surface area contributed by atoms with Gasteiger partial charge in [0.2, 0.25) is 15.9 Å². The molecule has 1 aliphatic heterocycles. The fourth-order valence-corrected chi connectivity index (χ4v) is 4.74. The van der Waals surface area contributed by atoms with Crippen molar-refractivity contribution in [3.8, 4) is 0 Å². The summed E-state index contributed by atoms with van der Waals surface area (Å²) in [6.45, 7) is 6.70. The van der Waals surface area contributed by atoms with Crippen molar-refractivity contribution in [2.24, 2.45) is 5.92 Å². The Bertz CT molecular complexity index is 410. The molecule has 0 radical (unpaired) electrons. The van der Waals surface area contributed by atoms with Crippen molar-refractivity contribution in [1.82, 2.24) is 9.21 Å². The fraction of sp³-hybridized carbons (Fsp3) is 0.929. The zero-order valence-electron chi connectivity index (χ0n) is 13.1. The number of carbonyl (C=O) groups excluding carboxylic acids is 1. The standard InChI is InChI=1S/C14H28N2O3S/c1-5-13(6-2)11-20(18,19)16-9-7-14(8-10-16)15(4)12(3)17/h13-14H,5-11H2,1-4H3. The molecule has 1 amide bonds. The third kappa shape index (κ3) is 4.45. The normalized spacial score (nSPS) is 18.4. The topological polar surface area (TPSA) is 57.7 Å². The first kappa shape index (κ1) is 17.4. The van der Waals surface area contributed by atoms with Crippen molar-refractivity contribution in [1.29, 1.82) is 0 Å². The Morgan fingerprint density at radius 2 is 1.75 bits per heavy atom. The number of sulfonamides is 1. The molecule has 6 heteroatoms. The first-order valence-corrected chi connectivity index (χ1v) is 9.13. The summed E-state index contributed by atoms with van der Waals surface area (Å²) < 4.78 is 26.3. The number of rotatable bonds is 6. The van der Waals surface area contributed by atoms with E-state index in [9.17, 15) is 13.2 Å². The van der Waals surface area contributed by atoms with Crippen LogP contribution >= 0.6 is 0 Å². The molecule has 1 heterocycles. The molecule has 1 fully saturated rings. The molecule has 0 unspecified atom stereocenters. The van der Waals surface area contributed by atoms with Gasteiger partial charge in [0.1, 0.15) is 0 Å². The predicted octanol–water partition coefficient (Wildman–Crippen LogP) is 1.70. The second-order valence-electron chi connectivity index (χ2n) is 5.72. The van der Waals surface area contributed by atoms with E-state index >= 15 is 0 Å². The monoisotopic (exact) mass is 304 g/mol. The van der Waals surface area contributed by atoms with Crippen LogP contribution < -0.4 is 0 Å². The van der Waals surface area contributed by atoms with Gasteiger partial charge in [0, 0.05) is 33.1 Å². The minimum absolute atomic E-state index is 0.0448. The van der Waals surface area contributed by atoms with Crippen LogP contribution in [0.3, 0.4) is 0 Å². The van der Waals surface area contributed by atoms with Gasteiger partial charge in [-0.3, -0.25) is 4.79 Å². The van der Waals surface area contributed by atoms with Crippen LogP contribution in [-0.4, -0.2) is 55.5 Å². The van der Waals surface area contributed by atoms with Gasteiger partial charge in [0.15, 0.2) is 0 Å². The van der Waals surface area contributed by atoms with Gasteiger partial charge in [0.05, 0.1) is 5.75 Å². The Hall–Kier alpha value is -0.620. The van der Waals surface area contributed by atoms with Gasteiger partial charge in [-0.15, -0.1) is 0 Å². The van der Waals surface area contributed by atoms with E-state index in [2.05, 4.69) is 0 Å². The van der Waals surface area contributed by atoms with Crippen molar-refractivity contribution in [2.75, 3.05) is 25.9 Å². The van der Waals surface area contributed by atoms with Crippen LogP contribution in [0.4, 0.5) is 0 Å². The molecule has 0 bridgehead atoms. The van der Waals surface area contributed by atoms with Gasteiger partial charge in [0.25, 0.3) is 0 Å². The van der Waals surface area contributed by atoms with Crippen molar-refractivity contribution in [2.45, 2.75) is 52.5 Å². The van der Waals surface area contributed by atoms with Crippen LogP contribution in [0.1, 0.15) is 46.5 Å². The van der Waals surface area contributed by atoms with E-state index in [1.54, 1.807) is 23.2 Å². The van der Waals surface area contributed by atoms with Crippen molar-refractivity contribution >= 4 is 15.9 Å². The Kier molecular flexibility index (Phi) is 6.45. The lowest BCUT2D eigenvalue weighted by molar-refractivity contribution is -0.130. The lowest BCUT2D eigenvalue weighted by Crippen LogP contribution is -2.47. The molecule has 0 aromatic carbocycles. The highest BCUT2D eigenvalue weighted by Gasteiger charge is 2.31. The molecule has 0 aliphatic carbocycles. The maximum Gasteiger partial charge on any atom is 0.219 e. The predicted molar refractivity (Wildman–Crippen MR) is 80.9 cm³/mol. The molecule has 1 aliphatic rings. The highest BCUT2D eigenvalue weighted by molar-refractivity contribution is 7.89. The molecule has 0 aromatic rings. The van der Waals surface area contributed by atoms with E-state index in [-0.39, 0.29) is 23.6 Å². The molecule has 0 aromatic heterocycles. The lowest BCUT2D eigenvalue weighted by Gasteiger charge is -2.36. The molecule has 1 saturated heterocycles. The van der Waals surface area contributed by atoms with E-state index in [4.69, 9.17) is 0 Å². The summed E-state index contributed by atoms with van der Waals surface area (Å²) in [5.74, 6) is 0.550. The van der Waals surface area contributed by atoms with Crippen LogP contribution in [0.2, 0.25) is 0 Å². The van der Waals surface area contributed by atoms with E-state index in [1.165, 1.54) is 0 Å². The molecule has 20 heavy (non-hydrogen) atoms. The summed E-state index contributed by atoms with van der Waals surface area (Å²) >= 11 is 0. The smallest absolute Gasteiger partial charge is 0.219 e. The zero-order chi connectivity index (χ0) is 15.3. The molecule has 0 saturated carbocycles.